The first-order chi connectivity index (χ1) is 16.1. The maximum absolute atomic E-state index is 13.5. The molecule has 2 aliphatic heterocycles. The van der Waals surface area contributed by atoms with Gasteiger partial charge in [0.15, 0.2) is 0 Å². The number of hydrogen-bond acceptors (Lipinski definition) is 5. The highest BCUT2D eigenvalue weighted by molar-refractivity contribution is 6.20. The van der Waals surface area contributed by atoms with Gasteiger partial charge in [-0.25, -0.2) is 4.99 Å². The Morgan fingerprint density at radius 2 is 1.82 bits per heavy atom. The fraction of sp³-hybridized carbons (Fsp3) is 0.308. The maximum atomic E-state index is 13.5. The van der Waals surface area contributed by atoms with Crippen LogP contribution < -0.4 is 14.4 Å². The van der Waals surface area contributed by atoms with Gasteiger partial charge in [0, 0.05) is 13.2 Å². The van der Waals surface area contributed by atoms with Gasteiger partial charge < -0.3 is 18.9 Å². The molecule has 7 heteroatoms. The van der Waals surface area contributed by atoms with Crippen LogP contribution in [0.3, 0.4) is 0 Å². The monoisotopic (exact) mass is 442 g/mol. The topological polar surface area (TPSA) is 59.3 Å². The SMILES string of the molecule is COc1ccc(Cn2cc3c(c2Oc2ccccc2)C(=O)N(C)C2=N[C@@H]4CCC[C@@H]4N23)cc1. The number of rotatable bonds is 5. The van der Waals surface area contributed by atoms with Crippen LogP contribution in [-0.4, -0.2) is 47.6 Å². The summed E-state index contributed by atoms with van der Waals surface area (Å²) in [5.74, 6) is 2.75. The van der Waals surface area contributed by atoms with Gasteiger partial charge in [0.05, 0.1) is 31.4 Å². The molecular weight excluding hydrogens is 416 g/mol. The van der Waals surface area contributed by atoms with Gasteiger partial charge in [-0.1, -0.05) is 30.3 Å². The average molecular weight is 443 g/mol. The van der Waals surface area contributed by atoms with Crippen LogP contribution in [0.1, 0.15) is 35.2 Å². The number of benzene rings is 2. The standard InChI is InChI=1S/C26H26N4O3/c1-28-24(31)23-22(30-21-10-6-9-20(21)27-26(28)30)16-29(15-17-11-13-18(32-2)14-12-17)25(23)33-19-7-4-3-5-8-19/h3-5,7-8,11-14,16,20-21H,6,9-10,15H2,1-2H3/t20-,21+/m1/s1. The lowest BCUT2D eigenvalue weighted by Gasteiger charge is -2.35. The van der Waals surface area contributed by atoms with E-state index < -0.39 is 0 Å². The van der Waals surface area contributed by atoms with Crippen molar-refractivity contribution in [3.63, 3.8) is 0 Å². The largest absolute Gasteiger partial charge is 0.497 e. The number of anilines is 1. The lowest BCUT2D eigenvalue weighted by atomic mass is 10.1. The van der Waals surface area contributed by atoms with Crippen LogP contribution in [0.15, 0.2) is 65.8 Å². The molecule has 0 spiro atoms. The smallest absolute Gasteiger partial charge is 0.267 e. The highest BCUT2D eigenvalue weighted by Gasteiger charge is 2.48. The van der Waals surface area contributed by atoms with Crippen LogP contribution in [0.25, 0.3) is 0 Å². The summed E-state index contributed by atoms with van der Waals surface area (Å²) in [5, 5.41) is 0. The summed E-state index contributed by atoms with van der Waals surface area (Å²) >= 11 is 0. The summed E-state index contributed by atoms with van der Waals surface area (Å²) in [7, 11) is 3.47. The van der Waals surface area contributed by atoms with Gasteiger partial charge in [-0.05, 0) is 49.1 Å². The van der Waals surface area contributed by atoms with Crippen molar-refractivity contribution in [3.8, 4) is 17.4 Å². The van der Waals surface area contributed by atoms with E-state index in [1.807, 2.05) is 66.2 Å². The summed E-state index contributed by atoms with van der Waals surface area (Å²) < 4.78 is 13.7. The van der Waals surface area contributed by atoms with Crippen molar-refractivity contribution < 1.29 is 14.3 Å². The molecule has 2 atom stereocenters. The fourth-order valence-corrected chi connectivity index (χ4v) is 5.19. The van der Waals surface area contributed by atoms with Crippen LogP contribution in [-0.2, 0) is 6.54 Å². The molecule has 1 saturated carbocycles. The molecule has 0 radical (unpaired) electrons. The molecule has 0 bridgehead atoms. The predicted molar refractivity (Wildman–Crippen MR) is 126 cm³/mol. The van der Waals surface area contributed by atoms with Crippen molar-refractivity contribution in [2.45, 2.75) is 37.9 Å². The van der Waals surface area contributed by atoms with E-state index in [1.54, 1.807) is 12.0 Å². The Hall–Kier alpha value is -3.74. The van der Waals surface area contributed by atoms with Gasteiger partial charge >= 0.3 is 0 Å². The molecule has 0 N–H and O–H groups in total. The summed E-state index contributed by atoms with van der Waals surface area (Å²) in [5.41, 5.74) is 2.59. The van der Waals surface area contributed by atoms with E-state index in [2.05, 4.69) is 11.1 Å². The zero-order valence-corrected chi connectivity index (χ0v) is 18.8. The Morgan fingerprint density at radius 1 is 1.03 bits per heavy atom. The van der Waals surface area contributed by atoms with E-state index >= 15 is 0 Å². The molecule has 0 saturated heterocycles. The summed E-state index contributed by atoms with van der Waals surface area (Å²) in [6.07, 6.45) is 5.37. The Kier molecular flexibility index (Phi) is 4.64. The van der Waals surface area contributed by atoms with Crippen molar-refractivity contribution in [1.29, 1.82) is 0 Å². The molecule has 0 unspecified atom stereocenters. The van der Waals surface area contributed by atoms with Crippen molar-refractivity contribution in [3.05, 3.63) is 71.9 Å². The zero-order valence-electron chi connectivity index (χ0n) is 18.8. The van der Waals surface area contributed by atoms with Crippen LogP contribution >= 0.6 is 0 Å². The lowest BCUT2D eigenvalue weighted by Crippen LogP contribution is -2.50. The Labute approximate surface area is 192 Å². The Morgan fingerprint density at radius 3 is 2.58 bits per heavy atom. The second-order valence-electron chi connectivity index (χ2n) is 8.81. The molecule has 3 heterocycles. The number of nitrogens with zero attached hydrogens (tertiary/aromatic N) is 4. The first-order valence-electron chi connectivity index (χ1n) is 11.4. The van der Waals surface area contributed by atoms with Gasteiger partial charge in [-0.2, -0.15) is 0 Å². The quantitative estimate of drug-likeness (QED) is 0.583. The van der Waals surface area contributed by atoms with E-state index in [1.165, 1.54) is 0 Å². The first kappa shape index (κ1) is 19.9. The van der Waals surface area contributed by atoms with E-state index in [0.717, 1.165) is 42.2 Å². The van der Waals surface area contributed by atoms with Crippen molar-refractivity contribution in [1.82, 2.24) is 9.47 Å². The molecule has 1 amide bonds. The Balaban J connectivity index is 1.47. The normalized spacial score (nSPS) is 20.9. The summed E-state index contributed by atoms with van der Waals surface area (Å²) in [6, 6.07) is 18.1. The average Bonchev–Trinajstić information content (AvgIpc) is 3.52. The van der Waals surface area contributed by atoms with Crippen LogP contribution in [0, 0.1) is 0 Å². The molecule has 1 aromatic heterocycles. The van der Waals surface area contributed by atoms with Crippen LogP contribution in [0.5, 0.6) is 17.4 Å². The second-order valence-corrected chi connectivity index (χ2v) is 8.81. The molecular formula is C26H26N4O3. The summed E-state index contributed by atoms with van der Waals surface area (Å²) in [4.78, 5) is 22.4. The van der Waals surface area contributed by atoms with Gasteiger partial charge in [0.2, 0.25) is 11.8 Å². The minimum absolute atomic E-state index is 0.0839. The molecule has 2 aromatic carbocycles. The molecule has 3 aliphatic rings. The maximum Gasteiger partial charge on any atom is 0.267 e. The van der Waals surface area contributed by atoms with Gasteiger partial charge in [0.25, 0.3) is 5.91 Å². The van der Waals surface area contributed by atoms with Gasteiger partial charge in [-0.15, -0.1) is 0 Å². The minimum atomic E-state index is -0.0839. The molecule has 33 heavy (non-hydrogen) atoms. The minimum Gasteiger partial charge on any atom is -0.497 e. The third-order valence-electron chi connectivity index (χ3n) is 6.83. The zero-order chi connectivity index (χ0) is 22.5. The first-order valence-corrected chi connectivity index (χ1v) is 11.4. The van der Waals surface area contributed by atoms with Gasteiger partial charge in [0.1, 0.15) is 17.1 Å². The van der Waals surface area contributed by atoms with Crippen molar-refractivity contribution in [2.75, 3.05) is 19.1 Å². The molecule has 3 aromatic rings. The number of carbonyl (C=O) groups is 1. The van der Waals surface area contributed by atoms with E-state index in [0.29, 0.717) is 29.8 Å². The number of aromatic nitrogens is 1. The second kappa shape index (κ2) is 7.69. The third-order valence-corrected chi connectivity index (χ3v) is 6.83. The lowest BCUT2D eigenvalue weighted by molar-refractivity contribution is 0.0862. The number of para-hydroxylation sites is 1. The predicted octanol–water partition coefficient (Wildman–Crippen LogP) is 4.52. The number of hydrogen-bond donors (Lipinski definition) is 0. The van der Waals surface area contributed by atoms with Gasteiger partial charge in [-0.3, -0.25) is 9.69 Å². The number of guanidine groups is 1. The fourth-order valence-electron chi connectivity index (χ4n) is 5.19. The number of carbonyl (C=O) groups excluding carboxylic acids is 1. The molecule has 168 valence electrons. The number of ether oxygens (including phenoxy) is 2. The van der Waals surface area contributed by atoms with Crippen LogP contribution in [0.2, 0.25) is 0 Å². The number of methoxy groups -OCH3 is 1. The van der Waals surface area contributed by atoms with E-state index in [-0.39, 0.29) is 11.9 Å². The molecule has 7 nitrogen and oxygen atoms in total. The van der Waals surface area contributed by atoms with E-state index in [9.17, 15) is 4.79 Å². The van der Waals surface area contributed by atoms with Crippen LogP contribution in [0.4, 0.5) is 5.69 Å². The highest BCUT2D eigenvalue weighted by atomic mass is 16.5. The molecule has 6 rings (SSSR count). The molecule has 1 aliphatic carbocycles. The highest BCUT2D eigenvalue weighted by Crippen LogP contribution is 2.45. The number of amides is 1. The summed E-state index contributed by atoms with van der Waals surface area (Å²) in [6.45, 7) is 0.574. The number of fused-ring (bicyclic) bond motifs is 5. The third kappa shape index (κ3) is 3.18. The van der Waals surface area contributed by atoms with E-state index in [4.69, 9.17) is 14.5 Å². The number of aliphatic imine (C=N–C) groups is 1. The van der Waals surface area contributed by atoms with Crippen molar-refractivity contribution in [2.24, 2.45) is 4.99 Å². The van der Waals surface area contributed by atoms with Crippen molar-refractivity contribution >= 4 is 17.6 Å². The Bertz CT molecular complexity index is 1230. The molecule has 1 fully saturated rings.